The predicted molar refractivity (Wildman–Crippen MR) is 72.9 cm³/mol. The van der Waals surface area contributed by atoms with Crippen molar-refractivity contribution in [2.75, 3.05) is 0 Å². The molecule has 120 valence electrons. The van der Waals surface area contributed by atoms with E-state index < -0.39 is 47.8 Å². The molecule has 2 amide bonds. The SMILES string of the molecule is C[C@@H]1C2C[C@H](C)C(F)(F)CC2C(=O)N1C(=O)OC(C)(C)C. The summed E-state index contributed by atoms with van der Waals surface area (Å²) in [7, 11) is 0. The van der Waals surface area contributed by atoms with E-state index in [0.717, 1.165) is 4.90 Å². The second kappa shape index (κ2) is 4.92. The van der Waals surface area contributed by atoms with Gasteiger partial charge in [0.2, 0.25) is 5.91 Å². The Morgan fingerprint density at radius 1 is 1.33 bits per heavy atom. The van der Waals surface area contributed by atoms with Crippen molar-refractivity contribution in [3.63, 3.8) is 0 Å². The van der Waals surface area contributed by atoms with E-state index in [9.17, 15) is 18.4 Å². The zero-order valence-corrected chi connectivity index (χ0v) is 13.2. The fourth-order valence-corrected chi connectivity index (χ4v) is 3.33. The maximum absolute atomic E-state index is 13.8. The Bertz CT molecular complexity index is 458. The second-order valence-corrected chi connectivity index (χ2v) is 7.30. The van der Waals surface area contributed by atoms with Crippen molar-refractivity contribution >= 4 is 12.0 Å². The van der Waals surface area contributed by atoms with E-state index in [1.54, 1.807) is 27.7 Å². The molecular formula is C15H23F2NO3. The number of nitrogens with zero attached hydrogens (tertiary/aromatic N) is 1. The Morgan fingerprint density at radius 3 is 2.43 bits per heavy atom. The van der Waals surface area contributed by atoms with Gasteiger partial charge in [-0.2, -0.15) is 0 Å². The molecule has 2 rings (SSSR count). The van der Waals surface area contributed by atoms with Gasteiger partial charge in [-0.25, -0.2) is 18.5 Å². The Kier molecular flexibility index (Phi) is 3.79. The zero-order chi connectivity index (χ0) is 16.2. The summed E-state index contributed by atoms with van der Waals surface area (Å²) in [6.45, 7) is 8.37. The first-order valence-electron chi connectivity index (χ1n) is 7.38. The van der Waals surface area contributed by atoms with Crippen molar-refractivity contribution in [1.29, 1.82) is 0 Å². The fourth-order valence-electron chi connectivity index (χ4n) is 3.33. The number of fused-ring (bicyclic) bond motifs is 1. The van der Waals surface area contributed by atoms with Crippen molar-refractivity contribution in [1.82, 2.24) is 4.90 Å². The molecule has 21 heavy (non-hydrogen) atoms. The molecule has 0 spiro atoms. The largest absolute Gasteiger partial charge is 0.443 e. The Morgan fingerprint density at radius 2 is 1.90 bits per heavy atom. The highest BCUT2D eigenvalue weighted by atomic mass is 19.3. The summed E-state index contributed by atoms with van der Waals surface area (Å²) in [5, 5.41) is 0. The number of ether oxygens (including phenoxy) is 1. The Labute approximate surface area is 123 Å². The molecule has 0 bridgehead atoms. The van der Waals surface area contributed by atoms with Gasteiger partial charge in [-0.05, 0) is 40.0 Å². The quantitative estimate of drug-likeness (QED) is 0.688. The summed E-state index contributed by atoms with van der Waals surface area (Å²) in [6, 6.07) is -0.393. The van der Waals surface area contributed by atoms with Gasteiger partial charge in [-0.15, -0.1) is 0 Å². The van der Waals surface area contributed by atoms with Crippen molar-refractivity contribution < 1.29 is 23.1 Å². The molecule has 2 unspecified atom stereocenters. The molecule has 2 aliphatic rings. The summed E-state index contributed by atoms with van der Waals surface area (Å²) in [5.74, 6) is -5.13. The van der Waals surface area contributed by atoms with Gasteiger partial charge in [0.05, 0.1) is 0 Å². The lowest BCUT2D eigenvalue weighted by Crippen LogP contribution is -2.42. The summed E-state index contributed by atoms with van der Waals surface area (Å²) in [4.78, 5) is 25.6. The topological polar surface area (TPSA) is 46.6 Å². The first-order valence-corrected chi connectivity index (χ1v) is 7.38. The fraction of sp³-hybridized carbons (Fsp3) is 0.867. The summed E-state index contributed by atoms with van der Waals surface area (Å²) < 4.78 is 32.9. The molecule has 0 N–H and O–H groups in total. The van der Waals surface area contributed by atoms with Gasteiger partial charge in [-0.3, -0.25) is 4.79 Å². The molecule has 4 nitrogen and oxygen atoms in total. The van der Waals surface area contributed by atoms with Crippen LogP contribution >= 0.6 is 0 Å². The molecule has 0 aromatic rings. The van der Waals surface area contributed by atoms with E-state index >= 15 is 0 Å². The molecule has 0 aromatic heterocycles. The number of hydrogen-bond acceptors (Lipinski definition) is 3. The number of amides is 2. The number of imide groups is 1. The number of likely N-dealkylation sites (tertiary alicyclic amines) is 1. The molecule has 1 heterocycles. The van der Waals surface area contributed by atoms with Crippen LogP contribution < -0.4 is 0 Å². The summed E-state index contributed by atoms with van der Waals surface area (Å²) in [5.41, 5.74) is -0.720. The number of hydrogen-bond donors (Lipinski definition) is 0. The monoisotopic (exact) mass is 303 g/mol. The molecule has 6 heteroatoms. The van der Waals surface area contributed by atoms with E-state index in [-0.39, 0.29) is 12.3 Å². The molecule has 2 fully saturated rings. The Balaban J connectivity index is 2.21. The normalized spacial score (nSPS) is 35.6. The van der Waals surface area contributed by atoms with Crippen LogP contribution in [-0.4, -0.2) is 34.5 Å². The second-order valence-electron chi connectivity index (χ2n) is 7.30. The zero-order valence-electron chi connectivity index (χ0n) is 13.2. The van der Waals surface area contributed by atoms with Gasteiger partial charge in [0, 0.05) is 24.3 Å². The Hall–Kier alpha value is -1.20. The van der Waals surface area contributed by atoms with Crippen LogP contribution in [0.2, 0.25) is 0 Å². The van der Waals surface area contributed by atoms with Gasteiger partial charge in [0.1, 0.15) is 5.60 Å². The molecular weight excluding hydrogens is 280 g/mol. The summed E-state index contributed by atoms with van der Waals surface area (Å²) in [6.07, 6.45) is -0.948. The number of rotatable bonds is 0. The van der Waals surface area contributed by atoms with Crippen molar-refractivity contribution in [2.45, 2.75) is 65.0 Å². The van der Waals surface area contributed by atoms with Gasteiger partial charge in [-0.1, -0.05) is 6.92 Å². The third-order valence-electron chi connectivity index (χ3n) is 4.53. The summed E-state index contributed by atoms with van der Waals surface area (Å²) >= 11 is 0. The maximum atomic E-state index is 13.8. The highest BCUT2D eigenvalue weighted by molar-refractivity contribution is 5.96. The highest BCUT2D eigenvalue weighted by Gasteiger charge is 2.58. The molecule has 0 radical (unpaired) electrons. The van der Waals surface area contributed by atoms with Crippen LogP contribution in [0, 0.1) is 17.8 Å². The first kappa shape index (κ1) is 16.2. The maximum Gasteiger partial charge on any atom is 0.417 e. The van der Waals surface area contributed by atoms with Crippen LogP contribution in [0.1, 0.15) is 47.5 Å². The standard InChI is InChI=1S/C15H23F2NO3/c1-8-6-10-9(2)18(13(20)21-14(3,4)5)12(19)11(10)7-15(8,16)17/h8-11H,6-7H2,1-5H3/t8-,9+,10?,11?/m0/s1. The molecule has 1 saturated carbocycles. The molecule has 4 atom stereocenters. The molecule has 1 aliphatic carbocycles. The predicted octanol–water partition coefficient (Wildman–Crippen LogP) is 3.45. The van der Waals surface area contributed by atoms with E-state index in [1.165, 1.54) is 6.92 Å². The lowest BCUT2D eigenvalue weighted by atomic mass is 9.72. The molecule has 0 aromatic carbocycles. The van der Waals surface area contributed by atoms with Crippen LogP contribution in [0.5, 0.6) is 0 Å². The van der Waals surface area contributed by atoms with E-state index in [0.29, 0.717) is 0 Å². The first-order chi connectivity index (χ1) is 9.44. The highest BCUT2D eigenvalue weighted by Crippen LogP contribution is 2.49. The van der Waals surface area contributed by atoms with Gasteiger partial charge >= 0.3 is 6.09 Å². The van der Waals surface area contributed by atoms with E-state index in [2.05, 4.69) is 0 Å². The average Bonchev–Trinajstić information content (AvgIpc) is 2.50. The minimum Gasteiger partial charge on any atom is -0.443 e. The number of carbonyl (C=O) groups excluding carboxylic acids is 2. The van der Waals surface area contributed by atoms with Crippen LogP contribution in [0.25, 0.3) is 0 Å². The van der Waals surface area contributed by atoms with E-state index in [1.807, 2.05) is 0 Å². The molecule has 1 saturated heterocycles. The van der Waals surface area contributed by atoms with Crippen LogP contribution in [0.4, 0.5) is 13.6 Å². The van der Waals surface area contributed by atoms with Crippen LogP contribution in [-0.2, 0) is 9.53 Å². The van der Waals surface area contributed by atoms with Crippen molar-refractivity contribution in [3.8, 4) is 0 Å². The van der Waals surface area contributed by atoms with Gasteiger partial charge in [0.15, 0.2) is 0 Å². The van der Waals surface area contributed by atoms with E-state index in [4.69, 9.17) is 4.74 Å². The van der Waals surface area contributed by atoms with Crippen LogP contribution in [0.3, 0.4) is 0 Å². The third-order valence-corrected chi connectivity index (χ3v) is 4.53. The minimum absolute atomic E-state index is 0.209. The smallest absolute Gasteiger partial charge is 0.417 e. The number of halogens is 2. The molecule has 1 aliphatic heterocycles. The lowest BCUT2D eigenvalue weighted by Gasteiger charge is -2.36. The average molecular weight is 303 g/mol. The lowest BCUT2D eigenvalue weighted by molar-refractivity contribution is -0.141. The number of carbonyl (C=O) groups is 2. The van der Waals surface area contributed by atoms with Gasteiger partial charge < -0.3 is 4.74 Å². The third kappa shape index (κ3) is 2.90. The van der Waals surface area contributed by atoms with Crippen molar-refractivity contribution in [3.05, 3.63) is 0 Å². The van der Waals surface area contributed by atoms with Crippen LogP contribution in [0.15, 0.2) is 0 Å². The van der Waals surface area contributed by atoms with Gasteiger partial charge in [0.25, 0.3) is 5.92 Å². The number of alkyl halides is 2. The minimum atomic E-state index is -2.85. The van der Waals surface area contributed by atoms with Crippen molar-refractivity contribution in [2.24, 2.45) is 17.8 Å².